The van der Waals surface area contributed by atoms with E-state index in [9.17, 15) is 4.79 Å². The van der Waals surface area contributed by atoms with E-state index in [0.29, 0.717) is 24.9 Å². The molecule has 4 heterocycles. The van der Waals surface area contributed by atoms with Crippen LogP contribution in [0.25, 0.3) is 10.2 Å². The van der Waals surface area contributed by atoms with Crippen LogP contribution < -0.4 is 4.90 Å². The molecule has 1 fully saturated rings. The summed E-state index contributed by atoms with van der Waals surface area (Å²) in [6, 6.07) is 4.06. The highest BCUT2D eigenvalue weighted by Crippen LogP contribution is 2.30. The fourth-order valence-electron chi connectivity index (χ4n) is 3.98. The van der Waals surface area contributed by atoms with Crippen LogP contribution in [0.15, 0.2) is 12.1 Å². The first-order chi connectivity index (χ1) is 14.7. The Bertz CT molecular complexity index is 1090. The molecule has 4 rings (SSSR count). The lowest BCUT2D eigenvalue weighted by atomic mass is 10.2. The molecule has 8 heteroatoms. The SMILES string of the molecule is Cc1cc(N2CCN(C(=O)c3cc4c(C)nn(CC(C)C)c4s3)CC2)nc(C(C)C)n1. The first-order valence-corrected chi connectivity index (χ1v) is 11.9. The predicted molar refractivity (Wildman–Crippen MR) is 126 cm³/mol. The summed E-state index contributed by atoms with van der Waals surface area (Å²) in [5.41, 5.74) is 1.99. The van der Waals surface area contributed by atoms with Crippen LogP contribution in [0.2, 0.25) is 0 Å². The fraction of sp³-hybridized carbons (Fsp3) is 0.565. The minimum atomic E-state index is 0.123. The zero-order chi connectivity index (χ0) is 22.3. The normalized spacial score (nSPS) is 15.0. The predicted octanol–water partition coefficient (Wildman–Crippen LogP) is 4.25. The number of nitrogens with zero attached hydrogens (tertiary/aromatic N) is 6. The average molecular weight is 441 g/mol. The van der Waals surface area contributed by atoms with E-state index in [1.165, 1.54) is 0 Å². The Morgan fingerprint density at radius 3 is 2.42 bits per heavy atom. The zero-order valence-corrected chi connectivity index (χ0v) is 20.2. The van der Waals surface area contributed by atoms with Gasteiger partial charge in [-0.15, -0.1) is 11.3 Å². The molecule has 0 aromatic carbocycles. The molecule has 0 aliphatic carbocycles. The lowest BCUT2D eigenvalue weighted by Gasteiger charge is -2.35. The van der Waals surface area contributed by atoms with Gasteiger partial charge in [0, 0.05) is 55.8 Å². The molecular weight excluding hydrogens is 408 g/mol. The van der Waals surface area contributed by atoms with Gasteiger partial charge in [-0.25, -0.2) is 9.97 Å². The minimum absolute atomic E-state index is 0.123. The van der Waals surface area contributed by atoms with Gasteiger partial charge in [-0.2, -0.15) is 5.10 Å². The Morgan fingerprint density at radius 2 is 1.77 bits per heavy atom. The van der Waals surface area contributed by atoms with Gasteiger partial charge in [0.25, 0.3) is 5.91 Å². The van der Waals surface area contributed by atoms with Gasteiger partial charge in [-0.05, 0) is 25.8 Å². The maximum atomic E-state index is 13.2. The van der Waals surface area contributed by atoms with Gasteiger partial charge in [0.15, 0.2) is 0 Å². The Morgan fingerprint density at radius 1 is 1.06 bits per heavy atom. The summed E-state index contributed by atoms with van der Waals surface area (Å²) in [6.45, 7) is 16.5. The number of aromatic nitrogens is 4. The average Bonchev–Trinajstić information content (AvgIpc) is 3.28. The summed E-state index contributed by atoms with van der Waals surface area (Å²) in [4.78, 5) is 28.7. The molecule has 1 amide bonds. The molecule has 0 saturated carbocycles. The van der Waals surface area contributed by atoms with Crippen molar-refractivity contribution in [3.63, 3.8) is 0 Å². The third kappa shape index (κ3) is 4.44. The highest BCUT2D eigenvalue weighted by molar-refractivity contribution is 7.20. The molecule has 3 aromatic heterocycles. The maximum Gasteiger partial charge on any atom is 0.264 e. The van der Waals surface area contributed by atoms with Crippen molar-refractivity contribution in [1.82, 2.24) is 24.6 Å². The standard InChI is InChI=1S/C23H32N6OS/c1-14(2)13-29-23-18(17(6)26-29)12-19(31-23)22(30)28-9-7-27(8-10-28)20-11-16(5)24-21(25-20)15(3)4/h11-12,14-15H,7-10,13H2,1-6H3. The summed E-state index contributed by atoms with van der Waals surface area (Å²) < 4.78 is 2.05. The molecule has 1 aliphatic rings. The number of amides is 1. The summed E-state index contributed by atoms with van der Waals surface area (Å²) in [7, 11) is 0. The molecule has 0 N–H and O–H groups in total. The first kappa shape index (κ1) is 21.7. The highest BCUT2D eigenvalue weighted by atomic mass is 32.1. The van der Waals surface area contributed by atoms with Gasteiger partial charge in [0.2, 0.25) is 0 Å². The number of thiophene rings is 1. The van der Waals surface area contributed by atoms with Gasteiger partial charge >= 0.3 is 0 Å². The van der Waals surface area contributed by atoms with Crippen molar-refractivity contribution in [2.45, 2.75) is 54.0 Å². The van der Waals surface area contributed by atoms with Gasteiger partial charge in [0.1, 0.15) is 16.5 Å². The molecule has 7 nitrogen and oxygen atoms in total. The van der Waals surface area contributed by atoms with Crippen LogP contribution in [0, 0.1) is 19.8 Å². The van der Waals surface area contributed by atoms with Crippen molar-refractivity contribution in [3.05, 3.63) is 34.2 Å². The summed E-state index contributed by atoms with van der Waals surface area (Å²) in [6.07, 6.45) is 0. The summed E-state index contributed by atoms with van der Waals surface area (Å²) in [5.74, 6) is 2.78. The Labute approximate surface area is 188 Å². The molecule has 166 valence electrons. The Hall–Kier alpha value is -2.48. The number of anilines is 1. The quantitative estimate of drug-likeness (QED) is 0.593. The van der Waals surface area contributed by atoms with Gasteiger partial charge in [-0.3, -0.25) is 9.48 Å². The molecule has 1 aliphatic heterocycles. The van der Waals surface area contributed by atoms with Crippen LogP contribution in [0.3, 0.4) is 0 Å². The van der Waals surface area contributed by atoms with Crippen molar-refractivity contribution >= 4 is 33.3 Å². The van der Waals surface area contributed by atoms with E-state index in [2.05, 4.69) is 47.4 Å². The highest BCUT2D eigenvalue weighted by Gasteiger charge is 2.26. The largest absolute Gasteiger partial charge is 0.353 e. The van der Waals surface area contributed by atoms with E-state index in [1.807, 2.05) is 30.9 Å². The topological polar surface area (TPSA) is 67.2 Å². The molecule has 0 unspecified atom stereocenters. The van der Waals surface area contributed by atoms with Gasteiger partial charge in [-0.1, -0.05) is 27.7 Å². The van der Waals surface area contributed by atoms with Crippen molar-refractivity contribution in [2.75, 3.05) is 31.1 Å². The van der Waals surface area contributed by atoms with E-state index in [-0.39, 0.29) is 5.91 Å². The number of hydrogen-bond acceptors (Lipinski definition) is 6. The first-order valence-electron chi connectivity index (χ1n) is 11.1. The number of carbonyl (C=O) groups excluding carboxylic acids is 1. The number of piperazine rings is 1. The lowest BCUT2D eigenvalue weighted by molar-refractivity contribution is 0.0751. The molecule has 0 spiro atoms. The van der Waals surface area contributed by atoms with Crippen LogP contribution in [-0.2, 0) is 6.54 Å². The van der Waals surface area contributed by atoms with Gasteiger partial charge in [0.05, 0.1) is 10.6 Å². The van der Waals surface area contributed by atoms with Crippen molar-refractivity contribution < 1.29 is 4.79 Å². The van der Waals surface area contributed by atoms with Gasteiger partial charge < -0.3 is 9.80 Å². The number of hydrogen-bond donors (Lipinski definition) is 0. The number of aryl methyl sites for hydroxylation is 2. The third-order valence-corrected chi connectivity index (χ3v) is 6.76. The van der Waals surface area contributed by atoms with Crippen LogP contribution >= 0.6 is 11.3 Å². The maximum absolute atomic E-state index is 13.2. The van der Waals surface area contributed by atoms with Crippen LogP contribution in [0.5, 0.6) is 0 Å². The smallest absolute Gasteiger partial charge is 0.264 e. The molecule has 1 saturated heterocycles. The number of carbonyl (C=O) groups is 1. The molecule has 0 atom stereocenters. The molecule has 0 bridgehead atoms. The summed E-state index contributed by atoms with van der Waals surface area (Å²) >= 11 is 1.57. The van der Waals surface area contributed by atoms with Crippen LogP contribution in [-0.4, -0.2) is 56.7 Å². The second-order valence-electron chi connectivity index (χ2n) is 9.15. The Balaban J connectivity index is 1.47. The second-order valence-corrected chi connectivity index (χ2v) is 10.2. The molecule has 0 radical (unpaired) electrons. The third-order valence-electron chi connectivity index (χ3n) is 5.62. The Kier molecular flexibility index (Phi) is 6.01. The lowest BCUT2D eigenvalue weighted by Crippen LogP contribution is -2.49. The second kappa shape index (κ2) is 8.57. The monoisotopic (exact) mass is 440 g/mol. The van der Waals surface area contributed by atoms with E-state index < -0.39 is 0 Å². The van der Waals surface area contributed by atoms with E-state index in [4.69, 9.17) is 4.98 Å². The number of fused-ring (bicyclic) bond motifs is 1. The van der Waals surface area contributed by atoms with Crippen molar-refractivity contribution in [1.29, 1.82) is 0 Å². The minimum Gasteiger partial charge on any atom is -0.353 e. The van der Waals surface area contributed by atoms with Crippen LogP contribution in [0.1, 0.15) is 60.5 Å². The van der Waals surface area contributed by atoms with Crippen molar-refractivity contribution in [3.8, 4) is 0 Å². The van der Waals surface area contributed by atoms with E-state index in [1.54, 1.807) is 11.3 Å². The molecule has 3 aromatic rings. The zero-order valence-electron chi connectivity index (χ0n) is 19.3. The summed E-state index contributed by atoms with van der Waals surface area (Å²) in [5, 5.41) is 5.76. The number of rotatable bonds is 5. The molecule has 31 heavy (non-hydrogen) atoms. The van der Waals surface area contributed by atoms with Crippen LogP contribution in [0.4, 0.5) is 5.82 Å². The van der Waals surface area contributed by atoms with E-state index >= 15 is 0 Å². The van der Waals surface area contributed by atoms with Crippen molar-refractivity contribution in [2.24, 2.45) is 5.92 Å². The fourth-order valence-corrected chi connectivity index (χ4v) is 5.12. The molecular formula is C23H32N6OS. The van der Waals surface area contributed by atoms with E-state index in [0.717, 1.165) is 57.8 Å².